The van der Waals surface area contributed by atoms with Crippen LogP contribution in [0.4, 0.5) is 5.69 Å². The Labute approximate surface area is 154 Å². The van der Waals surface area contributed by atoms with E-state index in [4.69, 9.17) is 0 Å². The predicted molar refractivity (Wildman–Crippen MR) is 103 cm³/mol. The molecule has 1 aliphatic heterocycles. The maximum absolute atomic E-state index is 12.1. The summed E-state index contributed by atoms with van der Waals surface area (Å²) in [6, 6.07) is 14.1. The van der Waals surface area contributed by atoms with Gasteiger partial charge in [0, 0.05) is 12.1 Å². The molecule has 8 heteroatoms. The zero-order valence-corrected chi connectivity index (χ0v) is 14.8. The molecule has 0 saturated carbocycles. The average Bonchev–Trinajstić information content (AvgIpc) is 2.96. The van der Waals surface area contributed by atoms with Gasteiger partial charge in [0.05, 0.1) is 16.4 Å². The van der Waals surface area contributed by atoms with E-state index in [2.05, 4.69) is 15.5 Å². The third kappa shape index (κ3) is 4.34. The Morgan fingerprint density at radius 3 is 2.85 bits per heavy atom. The lowest BCUT2D eigenvalue weighted by atomic mass is 10.1. The van der Waals surface area contributed by atoms with Crippen molar-refractivity contribution in [3.8, 4) is 0 Å². The first-order valence-electron chi connectivity index (χ1n) is 7.90. The van der Waals surface area contributed by atoms with E-state index in [9.17, 15) is 14.9 Å². The number of rotatable bonds is 5. The second-order valence-corrected chi connectivity index (χ2v) is 6.92. The van der Waals surface area contributed by atoms with Gasteiger partial charge in [0.25, 0.3) is 5.69 Å². The number of nitro benzene ring substituents is 1. The molecule has 2 aromatic rings. The second-order valence-electron chi connectivity index (χ2n) is 5.73. The Morgan fingerprint density at radius 2 is 2.08 bits per heavy atom. The maximum atomic E-state index is 12.1. The van der Waals surface area contributed by atoms with Gasteiger partial charge in [-0.05, 0) is 30.0 Å². The lowest BCUT2D eigenvalue weighted by molar-refractivity contribution is -0.384. The number of thioether (sulfide) groups is 1. The summed E-state index contributed by atoms with van der Waals surface area (Å²) in [7, 11) is 0. The van der Waals surface area contributed by atoms with E-state index in [1.807, 2.05) is 31.2 Å². The summed E-state index contributed by atoms with van der Waals surface area (Å²) >= 11 is 1.27. The molecular formula is C18H16N4O3S. The smallest absolute Gasteiger partial charge is 0.269 e. The normalized spacial score (nSPS) is 18.4. The molecule has 1 fully saturated rings. The van der Waals surface area contributed by atoms with Gasteiger partial charge in [-0.25, -0.2) is 0 Å². The zero-order valence-electron chi connectivity index (χ0n) is 14.0. The first-order valence-corrected chi connectivity index (χ1v) is 8.78. The first-order chi connectivity index (χ1) is 12.5. The number of non-ortho nitro benzene ring substituents is 1. The van der Waals surface area contributed by atoms with Crippen LogP contribution in [0.1, 0.15) is 16.7 Å². The minimum Gasteiger partial charge on any atom is -0.303 e. The number of carbonyl (C=O) groups excluding carboxylic acids is 1. The van der Waals surface area contributed by atoms with Crippen molar-refractivity contribution in [2.24, 2.45) is 10.2 Å². The number of nitro groups is 1. The molecule has 2 aromatic carbocycles. The van der Waals surface area contributed by atoms with E-state index in [1.54, 1.807) is 18.3 Å². The number of hydrogen-bond acceptors (Lipinski definition) is 6. The molecule has 0 aromatic heterocycles. The standard InChI is InChI=1S/C18H16N4O3S/c1-12-5-2-3-7-14(12)11-19-21-18-20-17(23)16(26-18)10-13-6-4-8-15(9-13)22(24)25/h2-9,11,16H,10H2,1H3,(H,20,21,23)/b19-11-/t16-/m0/s1. The van der Waals surface area contributed by atoms with Crippen LogP contribution in [0.25, 0.3) is 0 Å². The van der Waals surface area contributed by atoms with E-state index in [-0.39, 0.29) is 16.8 Å². The molecule has 0 radical (unpaired) electrons. The second kappa shape index (κ2) is 7.92. The molecular weight excluding hydrogens is 352 g/mol. The van der Waals surface area contributed by atoms with Crippen LogP contribution in [0, 0.1) is 17.0 Å². The molecule has 1 aliphatic rings. The summed E-state index contributed by atoms with van der Waals surface area (Å²) < 4.78 is 0. The minimum absolute atomic E-state index is 0.0163. The van der Waals surface area contributed by atoms with Gasteiger partial charge in [0.1, 0.15) is 0 Å². The number of amidine groups is 1. The Hall–Kier alpha value is -3.00. The van der Waals surface area contributed by atoms with Crippen LogP contribution in [0.5, 0.6) is 0 Å². The third-order valence-corrected chi connectivity index (χ3v) is 4.93. The lowest BCUT2D eigenvalue weighted by Gasteiger charge is -2.04. The maximum Gasteiger partial charge on any atom is 0.269 e. The summed E-state index contributed by atoms with van der Waals surface area (Å²) in [5.74, 6) is -0.175. The van der Waals surface area contributed by atoms with Gasteiger partial charge in [0.2, 0.25) is 5.91 Å². The Kier molecular flexibility index (Phi) is 5.43. The number of aryl methyl sites for hydroxylation is 1. The molecule has 0 bridgehead atoms. The summed E-state index contributed by atoms with van der Waals surface area (Å²) in [5, 5.41) is 21.7. The van der Waals surface area contributed by atoms with Crippen LogP contribution < -0.4 is 5.32 Å². The average molecular weight is 368 g/mol. The number of nitrogens with zero attached hydrogens (tertiary/aromatic N) is 3. The highest BCUT2D eigenvalue weighted by molar-refractivity contribution is 8.15. The van der Waals surface area contributed by atoms with Crippen molar-refractivity contribution in [1.29, 1.82) is 0 Å². The number of amides is 1. The van der Waals surface area contributed by atoms with Crippen LogP contribution in [0.2, 0.25) is 0 Å². The molecule has 1 atom stereocenters. The van der Waals surface area contributed by atoms with Gasteiger partial charge in [-0.15, -0.1) is 5.10 Å². The molecule has 3 rings (SSSR count). The van der Waals surface area contributed by atoms with Gasteiger partial charge < -0.3 is 5.32 Å². The quantitative estimate of drug-likeness (QED) is 0.498. The molecule has 1 amide bonds. The van der Waals surface area contributed by atoms with Gasteiger partial charge in [-0.1, -0.05) is 48.2 Å². The van der Waals surface area contributed by atoms with E-state index in [0.29, 0.717) is 11.6 Å². The highest BCUT2D eigenvalue weighted by atomic mass is 32.2. The van der Waals surface area contributed by atoms with Gasteiger partial charge in [-0.3, -0.25) is 14.9 Å². The Bertz CT molecular complexity index is 911. The SMILES string of the molecule is Cc1ccccc1/C=N\N=C1/NC(=O)[C@H](Cc2cccc([N+](=O)[O-])c2)S1. The molecule has 0 aliphatic carbocycles. The van der Waals surface area contributed by atoms with Crippen molar-refractivity contribution in [2.45, 2.75) is 18.6 Å². The number of benzene rings is 2. The number of carbonyl (C=O) groups is 1. The fourth-order valence-corrected chi connectivity index (χ4v) is 3.44. The minimum atomic E-state index is -0.446. The van der Waals surface area contributed by atoms with Crippen molar-refractivity contribution in [3.63, 3.8) is 0 Å². The molecule has 0 spiro atoms. The van der Waals surface area contributed by atoms with Gasteiger partial charge in [0.15, 0.2) is 5.17 Å². The Morgan fingerprint density at radius 1 is 1.27 bits per heavy atom. The van der Waals surface area contributed by atoms with Crippen LogP contribution in [0.3, 0.4) is 0 Å². The number of nitrogens with one attached hydrogen (secondary N) is 1. The van der Waals surface area contributed by atoms with Gasteiger partial charge >= 0.3 is 0 Å². The van der Waals surface area contributed by atoms with Crippen molar-refractivity contribution >= 4 is 34.7 Å². The monoisotopic (exact) mass is 368 g/mol. The van der Waals surface area contributed by atoms with E-state index >= 15 is 0 Å². The summed E-state index contributed by atoms with van der Waals surface area (Å²) in [6.45, 7) is 1.98. The predicted octanol–water partition coefficient (Wildman–Crippen LogP) is 3.07. The van der Waals surface area contributed by atoms with Crippen LogP contribution in [-0.4, -0.2) is 27.5 Å². The molecule has 0 unspecified atom stereocenters. The van der Waals surface area contributed by atoms with Gasteiger partial charge in [-0.2, -0.15) is 5.10 Å². The van der Waals surface area contributed by atoms with Crippen LogP contribution >= 0.6 is 11.8 Å². The van der Waals surface area contributed by atoms with Crippen LogP contribution in [-0.2, 0) is 11.2 Å². The summed E-state index contributed by atoms with van der Waals surface area (Å²) in [5.41, 5.74) is 2.79. The summed E-state index contributed by atoms with van der Waals surface area (Å²) in [6.07, 6.45) is 2.03. The van der Waals surface area contributed by atoms with E-state index in [1.165, 1.54) is 23.9 Å². The fraction of sp³-hybridized carbons (Fsp3) is 0.167. The first kappa shape index (κ1) is 17.8. The molecule has 1 heterocycles. The largest absolute Gasteiger partial charge is 0.303 e. The van der Waals surface area contributed by atoms with Crippen LogP contribution in [0.15, 0.2) is 58.7 Å². The highest BCUT2D eigenvalue weighted by Gasteiger charge is 2.30. The lowest BCUT2D eigenvalue weighted by Crippen LogP contribution is -2.25. The molecule has 26 heavy (non-hydrogen) atoms. The van der Waals surface area contributed by atoms with Crippen molar-refractivity contribution in [3.05, 3.63) is 75.3 Å². The van der Waals surface area contributed by atoms with Crippen molar-refractivity contribution < 1.29 is 9.72 Å². The molecule has 1 saturated heterocycles. The fourth-order valence-electron chi connectivity index (χ4n) is 2.47. The molecule has 132 valence electrons. The topological polar surface area (TPSA) is 97.0 Å². The number of hydrogen-bond donors (Lipinski definition) is 1. The van der Waals surface area contributed by atoms with Crippen molar-refractivity contribution in [2.75, 3.05) is 0 Å². The molecule has 7 nitrogen and oxygen atoms in total. The Balaban J connectivity index is 1.66. The van der Waals surface area contributed by atoms with E-state index in [0.717, 1.165) is 16.7 Å². The zero-order chi connectivity index (χ0) is 18.5. The third-order valence-electron chi connectivity index (χ3n) is 3.85. The van der Waals surface area contributed by atoms with Crippen molar-refractivity contribution in [1.82, 2.24) is 5.32 Å². The summed E-state index contributed by atoms with van der Waals surface area (Å²) in [4.78, 5) is 22.5. The molecule has 1 N–H and O–H groups in total. The van der Waals surface area contributed by atoms with E-state index < -0.39 is 4.92 Å². The highest BCUT2D eigenvalue weighted by Crippen LogP contribution is 2.24.